The fourth-order valence-electron chi connectivity index (χ4n) is 11.5. The Labute approximate surface area is 322 Å². The van der Waals surface area contributed by atoms with Gasteiger partial charge in [0.05, 0.1) is 31.5 Å². The van der Waals surface area contributed by atoms with E-state index in [9.17, 15) is 55.9 Å². The molecule has 0 unspecified atom stereocenters. The Balaban J connectivity index is 1.09. The number of carbonyl (C=O) groups is 1. The lowest BCUT2D eigenvalue weighted by atomic mass is 9.46. The van der Waals surface area contributed by atoms with Gasteiger partial charge in [-0.2, -0.15) is 0 Å². The van der Waals surface area contributed by atoms with E-state index in [1.54, 1.807) is 13.8 Å². The van der Waals surface area contributed by atoms with Gasteiger partial charge in [0.1, 0.15) is 48.8 Å². The van der Waals surface area contributed by atoms with Gasteiger partial charge in [0, 0.05) is 17.4 Å². The first kappa shape index (κ1) is 43.0. The average molecular weight is 785 g/mol. The second-order valence-corrected chi connectivity index (χ2v) is 17.9. The molecule has 314 valence electrons. The average Bonchev–Trinajstić information content (AvgIpc) is 3.52. The minimum atomic E-state index is -1.71. The lowest BCUT2D eigenvalue weighted by molar-refractivity contribution is -0.315. The Bertz CT molecular complexity index is 1430. The van der Waals surface area contributed by atoms with E-state index in [0.717, 1.165) is 37.7 Å². The standard InChI is InChI=1S/C40H64O15/c1-17(18(2)36(51)55-38-35(50)33(48)31(46)28(16-42)54-38)12-26(43)19(3)23-8-9-24-22-7-6-20-13-21(52-37-34(49)32(47)30(45)27(15-41)53-37)14-29(44)40(20,5)25(22)10-11-39(23,24)4/h6,19,21-35,37-38,41-50H,7-16H2,1-5H3/b18-17+/t19-,21+,22-,23+,24-,25-,26+,27+,28+,29-,30+,31+,32-,33-,34+,35+,37+,38-,39+,40-/m0/s1. The van der Waals surface area contributed by atoms with Gasteiger partial charge in [-0.15, -0.1) is 0 Å². The zero-order valence-corrected chi connectivity index (χ0v) is 32.6. The van der Waals surface area contributed by atoms with Crippen LogP contribution in [0.4, 0.5) is 0 Å². The second-order valence-electron chi connectivity index (χ2n) is 17.9. The Hall–Kier alpha value is -1.57. The normalized spacial score (nSPS) is 48.7. The number of esters is 1. The predicted molar refractivity (Wildman–Crippen MR) is 193 cm³/mol. The van der Waals surface area contributed by atoms with Gasteiger partial charge in [0.15, 0.2) is 6.29 Å². The van der Waals surface area contributed by atoms with Gasteiger partial charge in [0.2, 0.25) is 6.29 Å². The molecular formula is C40H64O15. The molecule has 6 aliphatic rings. The minimum Gasteiger partial charge on any atom is -0.429 e. The summed E-state index contributed by atoms with van der Waals surface area (Å²) in [5.41, 5.74) is 1.45. The molecule has 0 radical (unpaired) electrons. The Morgan fingerprint density at radius 2 is 1.45 bits per heavy atom. The molecule has 0 spiro atoms. The smallest absolute Gasteiger partial charge is 0.336 e. The lowest BCUT2D eigenvalue weighted by Gasteiger charge is -2.60. The van der Waals surface area contributed by atoms with Crippen LogP contribution in [0.1, 0.15) is 86.0 Å². The van der Waals surface area contributed by atoms with Crippen LogP contribution in [0.3, 0.4) is 0 Å². The monoisotopic (exact) mass is 784 g/mol. The van der Waals surface area contributed by atoms with E-state index in [1.807, 2.05) is 0 Å². The number of carbonyl (C=O) groups excluding carboxylic acids is 1. The molecule has 4 aliphatic carbocycles. The van der Waals surface area contributed by atoms with Gasteiger partial charge in [-0.3, -0.25) is 0 Å². The predicted octanol–water partition coefficient (Wildman–Crippen LogP) is -0.212. The third-order valence-corrected chi connectivity index (χ3v) is 15.2. The van der Waals surface area contributed by atoms with Crippen LogP contribution in [0.2, 0.25) is 0 Å². The molecule has 0 aromatic carbocycles. The molecule has 0 aromatic rings. The summed E-state index contributed by atoms with van der Waals surface area (Å²) < 4.78 is 22.4. The van der Waals surface area contributed by atoms with Crippen molar-refractivity contribution in [2.24, 2.45) is 40.4 Å². The van der Waals surface area contributed by atoms with Gasteiger partial charge in [-0.25, -0.2) is 4.79 Å². The number of allylic oxidation sites excluding steroid dienone is 1. The van der Waals surface area contributed by atoms with Crippen molar-refractivity contribution in [2.75, 3.05) is 13.2 Å². The molecule has 15 nitrogen and oxygen atoms in total. The number of aliphatic hydroxyl groups excluding tert-OH is 10. The molecule has 20 atom stereocenters. The number of hydrogen-bond acceptors (Lipinski definition) is 15. The van der Waals surface area contributed by atoms with Gasteiger partial charge in [0.25, 0.3) is 0 Å². The van der Waals surface area contributed by atoms with Crippen molar-refractivity contribution in [1.82, 2.24) is 0 Å². The third kappa shape index (κ3) is 7.60. The fraction of sp³-hybridized carbons (Fsp3) is 0.875. The first-order valence-corrected chi connectivity index (χ1v) is 20.1. The Morgan fingerprint density at radius 1 is 0.855 bits per heavy atom. The van der Waals surface area contributed by atoms with Gasteiger partial charge < -0.3 is 70.0 Å². The van der Waals surface area contributed by atoms with Crippen molar-refractivity contribution >= 4 is 5.97 Å². The summed E-state index contributed by atoms with van der Waals surface area (Å²) in [6.45, 7) is 8.69. The van der Waals surface area contributed by atoms with Gasteiger partial charge in [-0.05, 0) is 93.8 Å². The first-order chi connectivity index (χ1) is 25.9. The summed E-state index contributed by atoms with van der Waals surface area (Å²) in [6, 6.07) is 0. The highest BCUT2D eigenvalue weighted by Gasteiger charge is 2.62. The minimum absolute atomic E-state index is 0.0354. The molecule has 5 fully saturated rings. The van der Waals surface area contributed by atoms with E-state index >= 15 is 0 Å². The van der Waals surface area contributed by atoms with Crippen molar-refractivity contribution < 1.29 is 74.8 Å². The molecule has 15 heteroatoms. The molecule has 0 aromatic heterocycles. The maximum atomic E-state index is 13.0. The van der Waals surface area contributed by atoms with E-state index in [4.69, 9.17) is 18.9 Å². The van der Waals surface area contributed by atoms with Crippen molar-refractivity contribution in [1.29, 1.82) is 0 Å². The molecule has 10 N–H and O–H groups in total. The number of aliphatic hydroxyl groups is 10. The quantitative estimate of drug-likeness (QED) is 0.0782. The molecule has 0 amide bonds. The van der Waals surface area contributed by atoms with Crippen molar-refractivity contribution in [3.05, 3.63) is 22.8 Å². The van der Waals surface area contributed by atoms with Crippen LogP contribution in [0.15, 0.2) is 22.8 Å². The van der Waals surface area contributed by atoms with Crippen molar-refractivity contribution in [3.63, 3.8) is 0 Å². The van der Waals surface area contributed by atoms with E-state index in [2.05, 4.69) is 26.8 Å². The van der Waals surface area contributed by atoms with Crippen LogP contribution in [0.5, 0.6) is 0 Å². The van der Waals surface area contributed by atoms with Crippen molar-refractivity contribution in [2.45, 2.75) is 166 Å². The maximum Gasteiger partial charge on any atom is 0.336 e. The van der Waals surface area contributed by atoms with Crippen molar-refractivity contribution in [3.8, 4) is 0 Å². The number of hydrogen-bond donors (Lipinski definition) is 10. The molecule has 2 heterocycles. The highest BCUT2D eigenvalue weighted by Crippen LogP contribution is 2.67. The zero-order chi connectivity index (χ0) is 40.3. The van der Waals surface area contributed by atoms with Gasteiger partial charge in [-0.1, -0.05) is 38.0 Å². The van der Waals surface area contributed by atoms with E-state index in [-0.39, 0.29) is 35.2 Å². The summed E-state index contributed by atoms with van der Waals surface area (Å²) in [5.74, 6) is 0.330. The Morgan fingerprint density at radius 3 is 2.07 bits per heavy atom. The second kappa shape index (κ2) is 16.6. The van der Waals surface area contributed by atoms with Crippen LogP contribution >= 0.6 is 0 Å². The first-order valence-electron chi connectivity index (χ1n) is 20.1. The molecular weight excluding hydrogens is 720 g/mol. The largest absolute Gasteiger partial charge is 0.429 e. The molecule has 55 heavy (non-hydrogen) atoms. The zero-order valence-electron chi connectivity index (χ0n) is 32.6. The van der Waals surface area contributed by atoms with Gasteiger partial charge >= 0.3 is 5.97 Å². The third-order valence-electron chi connectivity index (χ3n) is 15.2. The summed E-state index contributed by atoms with van der Waals surface area (Å²) in [6.07, 6.45) is -8.57. The summed E-state index contributed by atoms with van der Waals surface area (Å²) in [7, 11) is 0. The molecule has 6 rings (SSSR count). The molecule has 2 saturated heterocycles. The van der Waals surface area contributed by atoms with Crippen LogP contribution in [0, 0.1) is 40.4 Å². The number of rotatable bonds is 10. The van der Waals surface area contributed by atoms with Crippen LogP contribution in [-0.2, 0) is 23.7 Å². The van der Waals surface area contributed by atoms with Crippen LogP contribution < -0.4 is 0 Å². The topological polar surface area (TPSA) is 256 Å². The summed E-state index contributed by atoms with van der Waals surface area (Å²) in [4.78, 5) is 13.0. The summed E-state index contributed by atoms with van der Waals surface area (Å²) in [5, 5.41) is 104. The van der Waals surface area contributed by atoms with Crippen LogP contribution in [0.25, 0.3) is 0 Å². The Kier molecular flexibility index (Phi) is 13.0. The van der Waals surface area contributed by atoms with E-state index in [0.29, 0.717) is 30.3 Å². The number of ether oxygens (including phenoxy) is 4. The number of fused-ring (bicyclic) bond motifs is 5. The van der Waals surface area contributed by atoms with Crippen LogP contribution in [-0.4, -0.2) is 150 Å². The molecule has 0 bridgehead atoms. The molecule has 2 aliphatic heterocycles. The fourth-order valence-corrected chi connectivity index (χ4v) is 11.5. The lowest BCUT2D eigenvalue weighted by Crippen LogP contribution is -2.60. The van der Waals surface area contributed by atoms with E-state index < -0.39 is 104 Å². The van der Waals surface area contributed by atoms with E-state index in [1.165, 1.54) is 0 Å². The highest BCUT2D eigenvalue weighted by atomic mass is 16.7. The highest BCUT2D eigenvalue weighted by molar-refractivity contribution is 5.88. The SMILES string of the molecule is C/C(C[C@@H](O)[C@@H](C)[C@H]1CC[C@H]2[C@@H]3CC=C4C[C@@H](O[C@@H]5O[C@H](CO)[C@@H](O)[C@H](O)[C@H]5O)C[C@H](O)[C@]4(C)[C@H]3CC[C@]12C)=C(/C)C(=O)O[C@@H]1O[C@H](CO)[C@@H](O)[C@H](O)[C@H]1O. The summed E-state index contributed by atoms with van der Waals surface area (Å²) >= 11 is 0. The molecule has 3 saturated carbocycles. The maximum absolute atomic E-state index is 13.0.